The number of aryl methyl sites for hydroxylation is 1. The standard InChI is InChI=1S/C12H10ClFN2/c1-8-2-4-10(14)11(6-8)16-12-5-3-9(13)7-15-12/h2-7H,1H3,(H,15,16). The Morgan fingerprint density at radius 1 is 1.25 bits per heavy atom. The lowest BCUT2D eigenvalue weighted by Gasteiger charge is -2.07. The van der Waals surface area contributed by atoms with Crippen LogP contribution in [-0.2, 0) is 0 Å². The highest BCUT2D eigenvalue weighted by Crippen LogP contribution is 2.20. The Morgan fingerprint density at radius 3 is 2.75 bits per heavy atom. The van der Waals surface area contributed by atoms with Crippen molar-refractivity contribution in [2.45, 2.75) is 6.92 Å². The number of benzene rings is 1. The Morgan fingerprint density at radius 2 is 2.06 bits per heavy atom. The van der Waals surface area contributed by atoms with Gasteiger partial charge in [0.05, 0.1) is 10.7 Å². The van der Waals surface area contributed by atoms with Crippen LogP contribution in [0.5, 0.6) is 0 Å². The fraction of sp³-hybridized carbons (Fsp3) is 0.0833. The number of aromatic nitrogens is 1. The van der Waals surface area contributed by atoms with Crippen molar-refractivity contribution >= 4 is 23.1 Å². The van der Waals surface area contributed by atoms with Gasteiger partial charge < -0.3 is 5.32 Å². The van der Waals surface area contributed by atoms with Crippen LogP contribution in [0.1, 0.15) is 5.56 Å². The van der Waals surface area contributed by atoms with E-state index in [0.29, 0.717) is 16.5 Å². The molecule has 1 aromatic heterocycles. The van der Waals surface area contributed by atoms with Crippen LogP contribution in [0.2, 0.25) is 5.02 Å². The SMILES string of the molecule is Cc1ccc(F)c(Nc2ccc(Cl)cn2)c1. The van der Waals surface area contributed by atoms with Gasteiger partial charge in [0, 0.05) is 6.20 Å². The Labute approximate surface area is 98.1 Å². The second-order valence-electron chi connectivity index (χ2n) is 3.47. The fourth-order valence-corrected chi connectivity index (χ4v) is 1.43. The van der Waals surface area contributed by atoms with Crippen molar-refractivity contribution in [3.63, 3.8) is 0 Å². The van der Waals surface area contributed by atoms with Gasteiger partial charge in [-0.25, -0.2) is 9.37 Å². The second-order valence-corrected chi connectivity index (χ2v) is 3.91. The van der Waals surface area contributed by atoms with E-state index in [1.165, 1.54) is 12.3 Å². The van der Waals surface area contributed by atoms with Crippen molar-refractivity contribution < 1.29 is 4.39 Å². The highest BCUT2D eigenvalue weighted by Gasteiger charge is 2.02. The van der Waals surface area contributed by atoms with Crippen molar-refractivity contribution in [2.24, 2.45) is 0 Å². The Balaban J connectivity index is 2.26. The zero-order chi connectivity index (χ0) is 11.5. The summed E-state index contributed by atoms with van der Waals surface area (Å²) in [5.74, 6) is 0.260. The average Bonchev–Trinajstić information content (AvgIpc) is 2.27. The minimum Gasteiger partial charge on any atom is -0.338 e. The van der Waals surface area contributed by atoms with Crippen LogP contribution < -0.4 is 5.32 Å². The molecular weight excluding hydrogens is 227 g/mol. The molecule has 0 bridgehead atoms. The summed E-state index contributed by atoms with van der Waals surface area (Å²) in [6.07, 6.45) is 1.51. The summed E-state index contributed by atoms with van der Waals surface area (Å²) >= 11 is 5.71. The van der Waals surface area contributed by atoms with Crippen LogP contribution in [0.15, 0.2) is 36.5 Å². The lowest BCUT2D eigenvalue weighted by molar-refractivity contribution is 0.631. The first-order chi connectivity index (χ1) is 7.65. The van der Waals surface area contributed by atoms with Crippen LogP contribution in [0, 0.1) is 12.7 Å². The Hall–Kier alpha value is -1.61. The third-order valence-electron chi connectivity index (χ3n) is 2.11. The van der Waals surface area contributed by atoms with E-state index in [4.69, 9.17) is 11.6 Å². The first-order valence-electron chi connectivity index (χ1n) is 4.80. The van der Waals surface area contributed by atoms with Gasteiger partial charge in [-0.15, -0.1) is 0 Å². The zero-order valence-electron chi connectivity index (χ0n) is 8.67. The van der Waals surface area contributed by atoms with Crippen molar-refractivity contribution in [1.29, 1.82) is 0 Å². The molecule has 16 heavy (non-hydrogen) atoms. The van der Waals surface area contributed by atoms with Crippen molar-refractivity contribution in [1.82, 2.24) is 4.98 Å². The topological polar surface area (TPSA) is 24.9 Å². The first kappa shape index (κ1) is 10.9. The normalized spacial score (nSPS) is 10.2. The first-order valence-corrected chi connectivity index (χ1v) is 5.18. The van der Waals surface area contributed by atoms with E-state index in [9.17, 15) is 4.39 Å². The third-order valence-corrected chi connectivity index (χ3v) is 2.34. The summed E-state index contributed by atoms with van der Waals surface area (Å²) in [4.78, 5) is 4.03. The van der Waals surface area contributed by atoms with E-state index in [1.54, 1.807) is 24.3 Å². The molecule has 0 radical (unpaired) electrons. The fourth-order valence-electron chi connectivity index (χ4n) is 1.32. The van der Waals surface area contributed by atoms with Gasteiger partial charge in [-0.3, -0.25) is 0 Å². The van der Waals surface area contributed by atoms with Gasteiger partial charge in [-0.05, 0) is 36.8 Å². The molecule has 0 atom stereocenters. The van der Waals surface area contributed by atoms with Crippen LogP contribution in [-0.4, -0.2) is 4.98 Å². The van der Waals surface area contributed by atoms with E-state index in [-0.39, 0.29) is 5.82 Å². The molecule has 0 unspecified atom stereocenters. The summed E-state index contributed by atoms with van der Waals surface area (Å²) in [6.45, 7) is 1.90. The summed E-state index contributed by atoms with van der Waals surface area (Å²) in [5.41, 5.74) is 1.40. The number of halogens is 2. The molecule has 2 rings (SSSR count). The second kappa shape index (κ2) is 4.49. The minimum atomic E-state index is -0.303. The molecule has 0 amide bonds. The van der Waals surface area contributed by atoms with Gasteiger partial charge in [0.1, 0.15) is 11.6 Å². The van der Waals surface area contributed by atoms with Crippen LogP contribution in [0.25, 0.3) is 0 Å². The number of pyridine rings is 1. The molecule has 0 saturated heterocycles. The van der Waals surface area contributed by atoms with Crippen molar-refractivity contribution in [2.75, 3.05) is 5.32 Å². The molecule has 0 saturated carbocycles. The summed E-state index contributed by atoms with van der Waals surface area (Å²) in [5, 5.41) is 3.45. The van der Waals surface area contributed by atoms with Gasteiger partial charge in [0.2, 0.25) is 0 Å². The average molecular weight is 237 g/mol. The molecule has 0 fully saturated rings. The predicted octanol–water partition coefficient (Wildman–Crippen LogP) is 3.93. The summed E-state index contributed by atoms with van der Waals surface area (Å²) in [7, 11) is 0. The number of rotatable bonds is 2. The van der Waals surface area contributed by atoms with E-state index in [1.807, 2.05) is 6.92 Å². The molecule has 4 heteroatoms. The maximum Gasteiger partial charge on any atom is 0.146 e. The van der Waals surface area contributed by atoms with E-state index < -0.39 is 0 Å². The van der Waals surface area contributed by atoms with Gasteiger partial charge >= 0.3 is 0 Å². The van der Waals surface area contributed by atoms with Crippen molar-refractivity contribution in [3.8, 4) is 0 Å². The molecule has 82 valence electrons. The van der Waals surface area contributed by atoms with Gasteiger partial charge in [-0.2, -0.15) is 0 Å². The number of nitrogens with one attached hydrogen (secondary N) is 1. The highest BCUT2D eigenvalue weighted by molar-refractivity contribution is 6.30. The molecule has 2 aromatic rings. The van der Waals surface area contributed by atoms with Crippen molar-refractivity contribution in [3.05, 3.63) is 52.9 Å². The zero-order valence-corrected chi connectivity index (χ0v) is 9.42. The van der Waals surface area contributed by atoms with Gasteiger partial charge in [0.15, 0.2) is 0 Å². The maximum atomic E-state index is 13.4. The molecule has 0 aliphatic carbocycles. The van der Waals surface area contributed by atoms with E-state index in [2.05, 4.69) is 10.3 Å². The molecule has 1 aromatic carbocycles. The highest BCUT2D eigenvalue weighted by atomic mass is 35.5. The monoisotopic (exact) mass is 236 g/mol. The molecule has 1 heterocycles. The predicted molar refractivity (Wildman–Crippen MR) is 63.7 cm³/mol. The van der Waals surface area contributed by atoms with Gasteiger partial charge in [-0.1, -0.05) is 17.7 Å². The largest absolute Gasteiger partial charge is 0.338 e. The quantitative estimate of drug-likeness (QED) is 0.855. The molecule has 0 aliphatic heterocycles. The molecular formula is C12H10ClFN2. The number of anilines is 2. The Kier molecular flexibility index (Phi) is 3.06. The molecule has 0 aliphatic rings. The maximum absolute atomic E-state index is 13.4. The molecule has 0 spiro atoms. The van der Waals surface area contributed by atoms with Crippen LogP contribution in [0.3, 0.4) is 0 Å². The van der Waals surface area contributed by atoms with E-state index >= 15 is 0 Å². The number of hydrogen-bond acceptors (Lipinski definition) is 2. The summed E-state index contributed by atoms with van der Waals surface area (Å²) < 4.78 is 13.4. The number of nitrogens with zero attached hydrogens (tertiary/aromatic N) is 1. The lowest BCUT2D eigenvalue weighted by Crippen LogP contribution is -1.96. The molecule has 1 N–H and O–H groups in total. The minimum absolute atomic E-state index is 0.303. The van der Waals surface area contributed by atoms with Gasteiger partial charge in [0.25, 0.3) is 0 Å². The van der Waals surface area contributed by atoms with Crippen LogP contribution in [0.4, 0.5) is 15.9 Å². The summed E-state index contributed by atoms with van der Waals surface area (Å²) in [6, 6.07) is 8.27. The smallest absolute Gasteiger partial charge is 0.146 e. The molecule has 2 nitrogen and oxygen atoms in total. The lowest BCUT2D eigenvalue weighted by atomic mass is 10.2. The third kappa shape index (κ3) is 2.49. The Bertz CT molecular complexity index is 497. The van der Waals surface area contributed by atoms with E-state index in [0.717, 1.165) is 5.56 Å². The van der Waals surface area contributed by atoms with Crippen LogP contribution >= 0.6 is 11.6 Å². The number of hydrogen-bond donors (Lipinski definition) is 1.